The Balaban J connectivity index is 2.09. The van der Waals surface area contributed by atoms with Crippen molar-refractivity contribution in [2.45, 2.75) is 39.2 Å². The third-order valence-corrected chi connectivity index (χ3v) is 1.85. The molecule has 0 radical (unpaired) electrons. The third-order valence-electron chi connectivity index (χ3n) is 1.85. The molecule has 0 saturated carbocycles. The van der Waals surface area contributed by atoms with Crippen LogP contribution in [0.25, 0.3) is 0 Å². The Labute approximate surface area is 96.0 Å². The van der Waals surface area contributed by atoms with Crippen LogP contribution in [0.5, 0.6) is 0 Å². The lowest BCUT2D eigenvalue weighted by molar-refractivity contribution is 0.0527. The molecule has 16 heavy (non-hydrogen) atoms. The Morgan fingerprint density at radius 2 is 2.25 bits per heavy atom. The number of nitrogens with one attached hydrogen (secondary N) is 1. The molecule has 90 valence electrons. The standard InChI is InChI=1S/C12H19NO3/c1-12(2,3)16-11(14)13-8-4-6-10-7-5-9-15-10/h5,7,9H,4,6,8H2,1-3H3,(H,13,14). The first-order chi connectivity index (χ1) is 7.47. The van der Waals surface area contributed by atoms with Gasteiger partial charge in [0.15, 0.2) is 0 Å². The summed E-state index contributed by atoms with van der Waals surface area (Å²) in [4.78, 5) is 11.3. The molecule has 1 heterocycles. The van der Waals surface area contributed by atoms with Gasteiger partial charge in [-0.2, -0.15) is 0 Å². The fourth-order valence-electron chi connectivity index (χ4n) is 1.22. The van der Waals surface area contributed by atoms with Crippen LogP contribution in [0.3, 0.4) is 0 Å². The van der Waals surface area contributed by atoms with E-state index in [0.29, 0.717) is 6.54 Å². The lowest BCUT2D eigenvalue weighted by Crippen LogP contribution is -2.33. The molecule has 0 aliphatic carbocycles. The molecule has 1 rings (SSSR count). The summed E-state index contributed by atoms with van der Waals surface area (Å²) in [5.41, 5.74) is -0.439. The minimum Gasteiger partial charge on any atom is -0.469 e. The highest BCUT2D eigenvalue weighted by molar-refractivity contribution is 5.67. The second-order valence-electron chi connectivity index (χ2n) is 4.61. The molecule has 0 saturated heterocycles. The van der Waals surface area contributed by atoms with Crippen LogP contribution in [0, 0.1) is 0 Å². The van der Waals surface area contributed by atoms with Crippen LogP contribution in [0.15, 0.2) is 22.8 Å². The number of furan rings is 1. The smallest absolute Gasteiger partial charge is 0.407 e. The van der Waals surface area contributed by atoms with Crippen molar-refractivity contribution in [2.75, 3.05) is 6.54 Å². The van der Waals surface area contributed by atoms with Gasteiger partial charge in [-0.25, -0.2) is 4.79 Å². The first-order valence-electron chi connectivity index (χ1n) is 5.46. The van der Waals surface area contributed by atoms with Crippen molar-refractivity contribution in [3.63, 3.8) is 0 Å². The van der Waals surface area contributed by atoms with Crippen molar-refractivity contribution in [1.82, 2.24) is 5.32 Å². The molecule has 0 atom stereocenters. The van der Waals surface area contributed by atoms with E-state index >= 15 is 0 Å². The van der Waals surface area contributed by atoms with Gasteiger partial charge in [0, 0.05) is 13.0 Å². The van der Waals surface area contributed by atoms with Crippen LogP contribution < -0.4 is 5.32 Å². The Morgan fingerprint density at radius 1 is 1.50 bits per heavy atom. The van der Waals surface area contributed by atoms with Gasteiger partial charge in [-0.1, -0.05) is 0 Å². The number of aryl methyl sites for hydroxylation is 1. The monoisotopic (exact) mass is 225 g/mol. The predicted molar refractivity (Wildman–Crippen MR) is 61.3 cm³/mol. The van der Waals surface area contributed by atoms with Crippen molar-refractivity contribution < 1.29 is 13.9 Å². The summed E-state index contributed by atoms with van der Waals surface area (Å²) in [6.45, 7) is 6.12. The molecule has 0 aliphatic rings. The molecule has 1 aromatic rings. The minimum atomic E-state index is -0.439. The van der Waals surface area contributed by atoms with Crippen molar-refractivity contribution >= 4 is 6.09 Å². The largest absolute Gasteiger partial charge is 0.469 e. The summed E-state index contributed by atoms with van der Waals surface area (Å²) in [7, 11) is 0. The fraction of sp³-hybridized carbons (Fsp3) is 0.583. The molecule has 4 nitrogen and oxygen atoms in total. The lowest BCUT2D eigenvalue weighted by Gasteiger charge is -2.19. The molecular weight excluding hydrogens is 206 g/mol. The van der Waals surface area contributed by atoms with E-state index in [2.05, 4.69) is 5.32 Å². The van der Waals surface area contributed by atoms with E-state index in [-0.39, 0.29) is 6.09 Å². The second kappa shape index (κ2) is 5.58. The summed E-state index contributed by atoms with van der Waals surface area (Å²) < 4.78 is 10.3. The SMILES string of the molecule is CC(C)(C)OC(=O)NCCCc1ccco1. The van der Waals surface area contributed by atoms with Gasteiger partial charge in [-0.15, -0.1) is 0 Å². The zero-order valence-corrected chi connectivity index (χ0v) is 10.1. The molecule has 0 spiro atoms. The summed E-state index contributed by atoms with van der Waals surface area (Å²) in [6, 6.07) is 3.78. The van der Waals surface area contributed by atoms with Crippen molar-refractivity contribution in [3.05, 3.63) is 24.2 Å². The number of ether oxygens (including phenoxy) is 1. The maximum Gasteiger partial charge on any atom is 0.407 e. The van der Waals surface area contributed by atoms with Crippen LogP contribution in [0.1, 0.15) is 33.0 Å². The van der Waals surface area contributed by atoms with Gasteiger partial charge >= 0.3 is 6.09 Å². The van der Waals surface area contributed by atoms with E-state index < -0.39 is 5.60 Å². The van der Waals surface area contributed by atoms with Gasteiger partial charge in [-0.05, 0) is 39.3 Å². The summed E-state index contributed by atoms with van der Waals surface area (Å²) in [6.07, 6.45) is 2.94. The average Bonchev–Trinajstić information content (AvgIpc) is 2.62. The molecule has 0 fully saturated rings. The van der Waals surface area contributed by atoms with Gasteiger partial charge in [0.2, 0.25) is 0 Å². The molecule has 1 N–H and O–H groups in total. The number of hydrogen-bond donors (Lipinski definition) is 1. The zero-order chi connectivity index (χ0) is 12.0. The van der Waals surface area contributed by atoms with E-state index in [1.165, 1.54) is 0 Å². The van der Waals surface area contributed by atoms with E-state index in [1.54, 1.807) is 6.26 Å². The summed E-state index contributed by atoms with van der Waals surface area (Å²) in [5, 5.41) is 2.70. The molecule has 0 unspecified atom stereocenters. The third kappa shape index (κ3) is 5.44. The zero-order valence-electron chi connectivity index (χ0n) is 10.1. The number of amides is 1. The van der Waals surface area contributed by atoms with Gasteiger partial charge < -0.3 is 14.5 Å². The maximum atomic E-state index is 11.3. The summed E-state index contributed by atoms with van der Waals surface area (Å²) in [5.74, 6) is 0.936. The fourth-order valence-corrected chi connectivity index (χ4v) is 1.22. The number of alkyl carbamates (subject to hydrolysis) is 1. The number of carbonyl (C=O) groups excluding carboxylic acids is 1. The van der Waals surface area contributed by atoms with Crippen molar-refractivity contribution in [1.29, 1.82) is 0 Å². The molecule has 0 aromatic carbocycles. The highest BCUT2D eigenvalue weighted by Crippen LogP contribution is 2.06. The Kier molecular flexibility index (Phi) is 4.40. The Bertz CT molecular complexity index is 312. The van der Waals surface area contributed by atoms with E-state index in [1.807, 2.05) is 32.9 Å². The average molecular weight is 225 g/mol. The highest BCUT2D eigenvalue weighted by Gasteiger charge is 2.15. The van der Waals surface area contributed by atoms with E-state index in [9.17, 15) is 4.79 Å². The van der Waals surface area contributed by atoms with Crippen molar-refractivity contribution in [3.8, 4) is 0 Å². The number of rotatable bonds is 4. The molecule has 0 aliphatic heterocycles. The van der Waals surface area contributed by atoms with Gasteiger partial charge in [-0.3, -0.25) is 0 Å². The lowest BCUT2D eigenvalue weighted by atomic mass is 10.2. The quantitative estimate of drug-likeness (QED) is 0.801. The minimum absolute atomic E-state index is 0.369. The summed E-state index contributed by atoms with van der Waals surface area (Å²) >= 11 is 0. The molecule has 4 heteroatoms. The maximum absolute atomic E-state index is 11.3. The van der Waals surface area contributed by atoms with Crippen LogP contribution in [0.2, 0.25) is 0 Å². The molecule has 1 amide bonds. The normalized spacial score (nSPS) is 11.2. The topological polar surface area (TPSA) is 51.5 Å². The number of hydrogen-bond acceptors (Lipinski definition) is 3. The van der Waals surface area contributed by atoms with Crippen LogP contribution >= 0.6 is 0 Å². The molecule has 0 bridgehead atoms. The van der Waals surface area contributed by atoms with E-state index in [4.69, 9.17) is 9.15 Å². The first-order valence-corrected chi connectivity index (χ1v) is 5.46. The van der Waals surface area contributed by atoms with Crippen LogP contribution in [0.4, 0.5) is 4.79 Å². The molecular formula is C12H19NO3. The van der Waals surface area contributed by atoms with Gasteiger partial charge in [0.25, 0.3) is 0 Å². The predicted octanol–water partition coefficient (Wildman–Crippen LogP) is 2.74. The highest BCUT2D eigenvalue weighted by atomic mass is 16.6. The first kappa shape index (κ1) is 12.6. The van der Waals surface area contributed by atoms with E-state index in [0.717, 1.165) is 18.6 Å². The number of carbonyl (C=O) groups is 1. The Morgan fingerprint density at radius 3 is 2.81 bits per heavy atom. The molecule has 1 aromatic heterocycles. The van der Waals surface area contributed by atoms with Crippen molar-refractivity contribution in [2.24, 2.45) is 0 Å². The van der Waals surface area contributed by atoms with Gasteiger partial charge in [0.05, 0.1) is 6.26 Å². The second-order valence-corrected chi connectivity index (χ2v) is 4.61. The van der Waals surface area contributed by atoms with Gasteiger partial charge in [0.1, 0.15) is 11.4 Å². The van der Waals surface area contributed by atoms with Crippen LogP contribution in [-0.2, 0) is 11.2 Å². The van der Waals surface area contributed by atoms with Crippen LogP contribution in [-0.4, -0.2) is 18.2 Å². The Hall–Kier alpha value is -1.45.